The summed E-state index contributed by atoms with van der Waals surface area (Å²) in [7, 11) is 0. The van der Waals surface area contributed by atoms with Gasteiger partial charge >= 0.3 is 5.97 Å². The Balaban J connectivity index is 1.69. The molecule has 0 unspecified atom stereocenters. The first-order valence-corrected chi connectivity index (χ1v) is 8.85. The third kappa shape index (κ3) is 3.49. The van der Waals surface area contributed by atoms with E-state index in [4.69, 9.17) is 13.6 Å². The molecule has 2 aromatic carbocycles. The first-order valence-electron chi connectivity index (χ1n) is 8.85. The minimum Gasteiger partial charge on any atom is -0.460 e. The third-order valence-corrected chi connectivity index (χ3v) is 4.24. The van der Waals surface area contributed by atoms with Crippen molar-refractivity contribution in [3.8, 4) is 11.5 Å². The highest BCUT2D eigenvalue weighted by molar-refractivity contribution is 5.86. The summed E-state index contributed by atoms with van der Waals surface area (Å²) in [5, 5.41) is 0. The van der Waals surface area contributed by atoms with Gasteiger partial charge in [-0.2, -0.15) is 0 Å². The van der Waals surface area contributed by atoms with Crippen LogP contribution in [0.2, 0.25) is 0 Å². The lowest BCUT2D eigenvalue weighted by Crippen LogP contribution is -2.02. The van der Waals surface area contributed by atoms with Crippen LogP contribution < -0.4 is 0 Å². The topological polar surface area (TPSA) is 65.5 Å². The molecule has 27 heavy (non-hydrogen) atoms. The lowest BCUT2D eigenvalue weighted by Gasteiger charge is -2.02. The molecule has 0 atom stereocenters. The van der Waals surface area contributed by atoms with Crippen molar-refractivity contribution in [2.24, 2.45) is 0 Å². The van der Waals surface area contributed by atoms with E-state index in [1.165, 1.54) is 0 Å². The Morgan fingerprint density at radius 3 is 2.67 bits per heavy atom. The molecule has 0 fully saturated rings. The summed E-state index contributed by atoms with van der Waals surface area (Å²) in [6.07, 6.45) is 0.501. The minimum atomic E-state index is -0.454. The van der Waals surface area contributed by atoms with Gasteiger partial charge in [0, 0.05) is 17.5 Å². The highest BCUT2D eigenvalue weighted by atomic mass is 16.5. The highest BCUT2D eigenvalue weighted by Gasteiger charge is 2.16. The summed E-state index contributed by atoms with van der Waals surface area (Å²) in [5.74, 6) is 1.01. The Labute approximate surface area is 156 Å². The molecule has 0 saturated heterocycles. The Morgan fingerprint density at radius 1 is 1.07 bits per heavy atom. The van der Waals surface area contributed by atoms with Crippen LogP contribution in [0.3, 0.4) is 0 Å². The van der Waals surface area contributed by atoms with Crippen LogP contribution in [0.5, 0.6) is 0 Å². The minimum absolute atomic E-state index is 0.207. The molecule has 0 bridgehead atoms. The van der Waals surface area contributed by atoms with Gasteiger partial charge in [0.05, 0.1) is 6.61 Å². The van der Waals surface area contributed by atoms with Gasteiger partial charge in [-0.3, -0.25) is 0 Å². The predicted octanol–water partition coefficient (Wildman–Crippen LogP) is 5.16. The van der Waals surface area contributed by atoms with Crippen LogP contribution in [-0.4, -0.2) is 17.6 Å². The molecular formula is C22H19NO4. The molecule has 2 heterocycles. The third-order valence-electron chi connectivity index (χ3n) is 4.24. The average Bonchev–Trinajstić information content (AvgIpc) is 3.30. The molecule has 4 aromatic rings. The van der Waals surface area contributed by atoms with Crippen molar-refractivity contribution in [1.29, 1.82) is 0 Å². The summed E-state index contributed by atoms with van der Waals surface area (Å²) >= 11 is 0. The zero-order valence-corrected chi connectivity index (χ0v) is 15.2. The summed E-state index contributed by atoms with van der Waals surface area (Å²) in [5.41, 5.74) is 4.52. The summed E-state index contributed by atoms with van der Waals surface area (Å²) in [4.78, 5) is 16.4. The molecule has 0 saturated carbocycles. The van der Waals surface area contributed by atoms with Gasteiger partial charge < -0.3 is 13.6 Å². The first-order chi connectivity index (χ1) is 13.1. The number of aromatic nitrogens is 1. The molecule has 5 heteroatoms. The second-order valence-electron chi connectivity index (χ2n) is 6.32. The number of fused-ring (bicyclic) bond motifs is 1. The SMILES string of the molecule is CCOC(=O)c1ccc(Cc2cc(C)cc3nc(-c4ccccc4)oc23)o1. The standard InChI is InChI=1S/C22H19NO4/c1-3-25-22(24)19-10-9-17(26-19)13-16-11-14(2)12-18-20(16)27-21(23-18)15-7-5-4-6-8-15/h4-12H,3,13H2,1-2H3. The summed E-state index contributed by atoms with van der Waals surface area (Å²) < 4.78 is 16.7. The van der Waals surface area contributed by atoms with E-state index < -0.39 is 5.97 Å². The van der Waals surface area contributed by atoms with Crippen molar-refractivity contribution >= 4 is 17.1 Å². The molecule has 0 aliphatic heterocycles. The number of aryl methyl sites for hydroxylation is 1. The van der Waals surface area contributed by atoms with Crippen LogP contribution in [-0.2, 0) is 11.2 Å². The lowest BCUT2D eigenvalue weighted by atomic mass is 10.1. The quantitative estimate of drug-likeness (QED) is 0.459. The van der Waals surface area contributed by atoms with Gasteiger partial charge in [-0.1, -0.05) is 24.3 Å². The van der Waals surface area contributed by atoms with E-state index in [9.17, 15) is 4.79 Å². The molecule has 0 radical (unpaired) electrons. The first kappa shape index (κ1) is 17.1. The molecule has 0 aliphatic carbocycles. The number of ether oxygens (including phenoxy) is 1. The Kier molecular flexibility index (Phi) is 4.50. The van der Waals surface area contributed by atoms with Gasteiger partial charge in [0.15, 0.2) is 5.58 Å². The average molecular weight is 361 g/mol. The number of oxazole rings is 1. The number of benzene rings is 2. The van der Waals surface area contributed by atoms with Crippen molar-refractivity contribution in [3.63, 3.8) is 0 Å². The maximum absolute atomic E-state index is 11.8. The molecule has 0 amide bonds. The lowest BCUT2D eigenvalue weighted by molar-refractivity contribution is 0.0488. The molecule has 136 valence electrons. The maximum atomic E-state index is 11.8. The molecular weight excluding hydrogens is 342 g/mol. The zero-order chi connectivity index (χ0) is 18.8. The molecule has 2 aromatic heterocycles. The van der Waals surface area contributed by atoms with Crippen molar-refractivity contribution in [2.45, 2.75) is 20.3 Å². The second-order valence-corrected chi connectivity index (χ2v) is 6.32. The number of hydrogen-bond acceptors (Lipinski definition) is 5. The largest absolute Gasteiger partial charge is 0.460 e. The number of rotatable bonds is 5. The normalized spacial score (nSPS) is 11.0. The van der Waals surface area contributed by atoms with Gasteiger partial charge in [-0.25, -0.2) is 9.78 Å². The highest BCUT2D eigenvalue weighted by Crippen LogP contribution is 2.29. The van der Waals surface area contributed by atoms with Crippen molar-refractivity contribution in [3.05, 3.63) is 77.2 Å². The Morgan fingerprint density at radius 2 is 1.89 bits per heavy atom. The van der Waals surface area contributed by atoms with Crippen molar-refractivity contribution < 1.29 is 18.4 Å². The van der Waals surface area contributed by atoms with Crippen LogP contribution in [0, 0.1) is 6.92 Å². The smallest absolute Gasteiger partial charge is 0.374 e. The van der Waals surface area contributed by atoms with Crippen LogP contribution in [0.15, 0.2) is 63.4 Å². The van der Waals surface area contributed by atoms with E-state index in [1.54, 1.807) is 19.1 Å². The molecule has 0 spiro atoms. The molecule has 4 rings (SSSR count). The number of furan rings is 1. The van der Waals surface area contributed by atoms with Crippen molar-refractivity contribution in [1.82, 2.24) is 4.98 Å². The summed E-state index contributed by atoms with van der Waals surface area (Å²) in [6.45, 7) is 4.10. The number of carbonyl (C=O) groups is 1. The molecule has 5 nitrogen and oxygen atoms in total. The van der Waals surface area contributed by atoms with Gasteiger partial charge in [-0.05, 0) is 49.7 Å². The van der Waals surface area contributed by atoms with Crippen LogP contribution in [0.25, 0.3) is 22.6 Å². The predicted molar refractivity (Wildman–Crippen MR) is 102 cm³/mol. The van der Waals surface area contributed by atoms with Crippen LogP contribution in [0.4, 0.5) is 0 Å². The van der Waals surface area contributed by atoms with Gasteiger partial charge in [0.1, 0.15) is 11.3 Å². The van der Waals surface area contributed by atoms with Crippen LogP contribution in [0.1, 0.15) is 34.4 Å². The van der Waals surface area contributed by atoms with E-state index >= 15 is 0 Å². The van der Waals surface area contributed by atoms with E-state index in [0.717, 1.165) is 27.8 Å². The van der Waals surface area contributed by atoms with E-state index in [1.807, 2.05) is 43.3 Å². The van der Waals surface area contributed by atoms with E-state index in [2.05, 4.69) is 11.1 Å². The van der Waals surface area contributed by atoms with Crippen molar-refractivity contribution in [2.75, 3.05) is 6.61 Å². The fourth-order valence-corrected chi connectivity index (χ4v) is 3.07. The monoisotopic (exact) mass is 361 g/mol. The fourth-order valence-electron chi connectivity index (χ4n) is 3.07. The molecule has 0 aliphatic rings. The molecule has 0 N–H and O–H groups in total. The Hall–Kier alpha value is -3.34. The number of carbonyl (C=O) groups excluding carboxylic acids is 1. The zero-order valence-electron chi connectivity index (χ0n) is 15.2. The second kappa shape index (κ2) is 7.11. The van der Waals surface area contributed by atoms with E-state index in [-0.39, 0.29) is 5.76 Å². The fraction of sp³-hybridized carbons (Fsp3) is 0.182. The number of esters is 1. The van der Waals surface area contributed by atoms with Gasteiger partial charge in [0.25, 0.3) is 0 Å². The summed E-state index contributed by atoms with van der Waals surface area (Å²) in [6, 6.07) is 17.3. The van der Waals surface area contributed by atoms with Gasteiger partial charge in [0.2, 0.25) is 11.7 Å². The van der Waals surface area contributed by atoms with E-state index in [0.29, 0.717) is 24.7 Å². The number of nitrogens with zero attached hydrogens (tertiary/aromatic N) is 1. The maximum Gasteiger partial charge on any atom is 0.374 e. The van der Waals surface area contributed by atoms with Crippen LogP contribution >= 0.6 is 0 Å². The Bertz CT molecular complexity index is 1090. The van der Waals surface area contributed by atoms with Gasteiger partial charge in [-0.15, -0.1) is 0 Å². The number of hydrogen-bond donors (Lipinski definition) is 0.